The van der Waals surface area contributed by atoms with Gasteiger partial charge in [0.15, 0.2) is 0 Å². The normalized spacial score (nSPS) is 20.9. The first-order valence-electron chi connectivity index (χ1n) is 7.15. The van der Waals surface area contributed by atoms with Gasteiger partial charge in [0, 0.05) is 24.3 Å². The van der Waals surface area contributed by atoms with E-state index in [4.69, 9.17) is 0 Å². The lowest BCUT2D eigenvalue weighted by molar-refractivity contribution is 0.403. The van der Waals surface area contributed by atoms with E-state index in [0.29, 0.717) is 18.0 Å². The predicted molar refractivity (Wildman–Crippen MR) is 79.3 cm³/mol. The fourth-order valence-electron chi connectivity index (χ4n) is 2.89. The van der Waals surface area contributed by atoms with Gasteiger partial charge in [-0.05, 0) is 44.4 Å². The van der Waals surface area contributed by atoms with Crippen LogP contribution in [0.3, 0.4) is 0 Å². The Bertz CT molecular complexity index is 386. The van der Waals surface area contributed by atoms with E-state index in [9.17, 15) is 0 Å². The smallest absolute Gasteiger partial charge is 0.0401 e. The molecule has 0 radical (unpaired) electrons. The number of para-hydroxylation sites is 1. The van der Waals surface area contributed by atoms with Crippen molar-refractivity contribution in [2.45, 2.75) is 45.7 Å². The zero-order valence-corrected chi connectivity index (χ0v) is 12.1. The number of nitrogens with zero attached hydrogens (tertiary/aromatic N) is 1. The van der Waals surface area contributed by atoms with Crippen molar-refractivity contribution in [1.82, 2.24) is 5.32 Å². The zero-order valence-electron chi connectivity index (χ0n) is 12.1. The van der Waals surface area contributed by atoms with E-state index >= 15 is 0 Å². The summed E-state index contributed by atoms with van der Waals surface area (Å²) < 4.78 is 0. The van der Waals surface area contributed by atoms with Crippen molar-refractivity contribution in [2.75, 3.05) is 18.5 Å². The Morgan fingerprint density at radius 3 is 2.72 bits per heavy atom. The maximum absolute atomic E-state index is 3.46. The maximum atomic E-state index is 3.46. The Morgan fingerprint density at radius 2 is 2.06 bits per heavy atom. The number of anilines is 1. The molecule has 0 bridgehead atoms. The van der Waals surface area contributed by atoms with Gasteiger partial charge in [-0.1, -0.05) is 32.0 Å². The second-order valence-corrected chi connectivity index (χ2v) is 5.81. The molecule has 2 unspecified atom stereocenters. The molecule has 0 aliphatic carbocycles. The van der Waals surface area contributed by atoms with Gasteiger partial charge in [0.05, 0.1) is 0 Å². The third-order valence-corrected chi connectivity index (χ3v) is 4.23. The van der Waals surface area contributed by atoms with Gasteiger partial charge in [-0.2, -0.15) is 0 Å². The highest BCUT2D eigenvalue weighted by atomic mass is 15.2. The lowest BCUT2D eigenvalue weighted by atomic mass is 9.94. The molecule has 18 heavy (non-hydrogen) atoms. The Labute approximate surface area is 111 Å². The molecule has 0 aromatic heterocycles. The number of fused-ring (bicyclic) bond motifs is 1. The third kappa shape index (κ3) is 2.69. The number of benzene rings is 1. The van der Waals surface area contributed by atoms with Crippen LogP contribution in [-0.2, 0) is 6.42 Å². The molecule has 2 nitrogen and oxygen atoms in total. The molecular weight excluding hydrogens is 220 g/mol. The maximum Gasteiger partial charge on any atom is 0.0401 e. The van der Waals surface area contributed by atoms with Gasteiger partial charge in [0.25, 0.3) is 0 Å². The van der Waals surface area contributed by atoms with E-state index in [2.05, 4.69) is 62.3 Å². The summed E-state index contributed by atoms with van der Waals surface area (Å²) in [6.07, 6.45) is 2.49. The fourth-order valence-corrected chi connectivity index (χ4v) is 2.89. The van der Waals surface area contributed by atoms with Crippen LogP contribution < -0.4 is 10.2 Å². The third-order valence-electron chi connectivity index (χ3n) is 4.23. The zero-order chi connectivity index (χ0) is 13.1. The quantitative estimate of drug-likeness (QED) is 0.878. The molecular formula is C16H26N2. The van der Waals surface area contributed by atoms with Crippen molar-refractivity contribution in [3.05, 3.63) is 29.8 Å². The summed E-state index contributed by atoms with van der Waals surface area (Å²) in [4.78, 5) is 2.58. The summed E-state index contributed by atoms with van der Waals surface area (Å²) in [5.41, 5.74) is 2.95. The van der Waals surface area contributed by atoms with Crippen LogP contribution in [0.2, 0.25) is 0 Å². The molecule has 0 spiro atoms. The van der Waals surface area contributed by atoms with Crippen molar-refractivity contribution in [3.8, 4) is 0 Å². The largest absolute Gasteiger partial charge is 0.367 e. The van der Waals surface area contributed by atoms with E-state index in [1.54, 1.807) is 0 Å². The Hall–Kier alpha value is -1.02. The van der Waals surface area contributed by atoms with Crippen LogP contribution in [0.5, 0.6) is 0 Å². The van der Waals surface area contributed by atoms with Crippen LogP contribution in [0, 0.1) is 5.92 Å². The predicted octanol–water partition coefficient (Wildman–Crippen LogP) is 3.07. The Morgan fingerprint density at radius 1 is 1.33 bits per heavy atom. The van der Waals surface area contributed by atoms with Crippen molar-refractivity contribution < 1.29 is 0 Å². The first-order chi connectivity index (χ1) is 8.63. The lowest BCUT2D eigenvalue weighted by Crippen LogP contribution is -2.47. The van der Waals surface area contributed by atoms with Gasteiger partial charge in [-0.15, -0.1) is 0 Å². The van der Waals surface area contributed by atoms with Gasteiger partial charge in [-0.3, -0.25) is 0 Å². The highest BCUT2D eigenvalue weighted by molar-refractivity contribution is 5.56. The molecule has 0 saturated carbocycles. The Balaban J connectivity index is 2.21. The highest BCUT2D eigenvalue weighted by Crippen LogP contribution is 2.30. The van der Waals surface area contributed by atoms with Gasteiger partial charge in [-0.25, -0.2) is 0 Å². The van der Waals surface area contributed by atoms with Crippen LogP contribution >= 0.6 is 0 Å². The standard InChI is InChI=1S/C16H26N2/c1-12(2)15(17-4)11-18-13(3)9-10-14-7-5-6-8-16(14)18/h5-8,12-13,15,17H,9-11H2,1-4H3. The molecule has 1 aromatic rings. The molecule has 1 aliphatic rings. The summed E-state index contributed by atoms with van der Waals surface area (Å²) in [5.74, 6) is 0.663. The second-order valence-electron chi connectivity index (χ2n) is 5.81. The molecule has 100 valence electrons. The van der Waals surface area contributed by atoms with E-state index in [-0.39, 0.29) is 0 Å². The van der Waals surface area contributed by atoms with Gasteiger partial charge in [0.2, 0.25) is 0 Å². The molecule has 0 amide bonds. The molecule has 1 aromatic carbocycles. The van der Waals surface area contributed by atoms with Crippen molar-refractivity contribution in [1.29, 1.82) is 0 Å². The van der Waals surface area contributed by atoms with Gasteiger partial charge in [0.1, 0.15) is 0 Å². The van der Waals surface area contributed by atoms with Crippen molar-refractivity contribution >= 4 is 5.69 Å². The topological polar surface area (TPSA) is 15.3 Å². The SMILES string of the molecule is CNC(CN1c2ccccc2CCC1C)C(C)C. The molecule has 2 heteroatoms. The number of hydrogen-bond donors (Lipinski definition) is 1. The minimum Gasteiger partial charge on any atom is -0.367 e. The van der Waals surface area contributed by atoms with Crippen LogP contribution in [-0.4, -0.2) is 25.7 Å². The highest BCUT2D eigenvalue weighted by Gasteiger charge is 2.25. The van der Waals surface area contributed by atoms with Gasteiger partial charge < -0.3 is 10.2 Å². The van der Waals surface area contributed by atoms with E-state index in [1.807, 2.05) is 0 Å². The second kappa shape index (κ2) is 5.75. The van der Waals surface area contributed by atoms with E-state index in [1.165, 1.54) is 24.1 Å². The number of hydrogen-bond acceptors (Lipinski definition) is 2. The van der Waals surface area contributed by atoms with Crippen molar-refractivity contribution in [2.24, 2.45) is 5.92 Å². The number of nitrogens with one attached hydrogen (secondary N) is 1. The first kappa shape index (κ1) is 13.4. The minimum atomic E-state index is 0.554. The van der Waals surface area contributed by atoms with E-state index in [0.717, 1.165) is 6.54 Å². The van der Waals surface area contributed by atoms with Gasteiger partial charge >= 0.3 is 0 Å². The molecule has 2 atom stereocenters. The monoisotopic (exact) mass is 246 g/mol. The molecule has 1 N–H and O–H groups in total. The lowest BCUT2D eigenvalue weighted by Gasteiger charge is -2.40. The van der Waals surface area contributed by atoms with Crippen LogP contribution in [0.25, 0.3) is 0 Å². The number of aryl methyl sites for hydroxylation is 1. The summed E-state index contributed by atoms with van der Waals surface area (Å²) in [7, 11) is 2.07. The van der Waals surface area contributed by atoms with Crippen molar-refractivity contribution in [3.63, 3.8) is 0 Å². The molecule has 0 saturated heterocycles. The fraction of sp³-hybridized carbons (Fsp3) is 0.625. The summed E-state index contributed by atoms with van der Waals surface area (Å²) >= 11 is 0. The Kier molecular flexibility index (Phi) is 4.28. The molecule has 2 rings (SSSR count). The number of likely N-dealkylation sites (N-methyl/N-ethyl adjacent to an activating group) is 1. The first-order valence-corrected chi connectivity index (χ1v) is 7.15. The average Bonchev–Trinajstić information content (AvgIpc) is 2.37. The summed E-state index contributed by atoms with van der Waals surface area (Å²) in [6.45, 7) is 8.04. The van der Waals surface area contributed by atoms with Crippen LogP contribution in [0.4, 0.5) is 5.69 Å². The molecule has 0 fully saturated rings. The minimum absolute atomic E-state index is 0.554. The molecule has 1 aliphatic heterocycles. The summed E-state index contributed by atoms with van der Waals surface area (Å²) in [5, 5.41) is 3.46. The van der Waals surface area contributed by atoms with Crippen LogP contribution in [0.15, 0.2) is 24.3 Å². The number of rotatable bonds is 4. The van der Waals surface area contributed by atoms with E-state index < -0.39 is 0 Å². The average molecular weight is 246 g/mol. The summed E-state index contributed by atoms with van der Waals surface area (Å²) in [6, 6.07) is 10.1. The molecule has 1 heterocycles. The van der Waals surface area contributed by atoms with Crippen LogP contribution in [0.1, 0.15) is 32.8 Å².